The molecule has 0 saturated heterocycles. The molecule has 0 bridgehead atoms. The maximum Gasteiger partial charge on any atom is 0.258 e. The van der Waals surface area contributed by atoms with E-state index >= 15 is 0 Å². The average molecular weight is 981 g/mol. The van der Waals surface area contributed by atoms with Crippen LogP contribution in [0, 0.1) is 6.92 Å². The Morgan fingerprint density at radius 1 is 0.729 bits per heavy atom. The third-order valence-corrected chi connectivity index (χ3v) is 17.4. The third kappa shape index (κ3) is 11.1. The molecule has 4 aliphatic rings. The number of Topliss-reactive ketones (excluding diaryl/α,β-unsaturated/α-hetero) is 1. The number of nitrogens with zero attached hydrogens (tertiary/aromatic N) is 2. The maximum absolute atomic E-state index is 14.1. The summed E-state index contributed by atoms with van der Waals surface area (Å²) in [5, 5.41) is 6.27. The number of hydrogen-bond donors (Lipinski definition) is 2. The van der Waals surface area contributed by atoms with E-state index in [2.05, 4.69) is 42.7 Å². The molecule has 0 aliphatic carbocycles. The van der Waals surface area contributed by atoms with Crippen LogP contribution in [0.1, 0.15) is 119 Å². The fourth-order valence-corrected chi connectivity index (χ4v) is 13.0. The Morgan fingerprint density at radius 3 is 1.93 bits per heavy atom. The maximum atomic E-state index is 14.1. The van der Waals surface area contributed by atoms with Gasteiger partial charge in [0.2, 0.25) is 5.91 Å². The van der Waals surface area contributed by atoms with Crippen LogP contribution in [0.3, 0.4) is 0 Å². The van der Waals surface area contributed by atoms with E-state index in [0.29, 0.717) is 54.3 Å². The minimum absolute atomic E-state index is 0.0210. The van der Waals surface area contributed by atoms with E-state index in [1.165, 1.54) is 11.1 Å². The van der Waals surface area contributed by atoms with Crippen molar-refractivity contribution in [1.29, 1.82) is 0 Å². The predicted octanol–water partition coefficient (Wildman–Crippen LogP) is 11.0. The van der Waals surface area contributed by atoms with Gasteiger partial charge in [0.25, 0.3) is 11.8 Å². The van der Waals surface area contributed by atoms with Crippen LogP contribution >= 0.6 is 21.6 Å². The predicted molar refractivity (Wildman–Crippen MR) is 282 cm³/mol. The van der Waals surface area contributed by atoms with Crippen LogP contribution < -0.4 is 34.6 Å². The van der Waals surface area contributed by atoms with Gasteiger partial charge in [0.15, 0.2) is 11.5 Å². The third-order valence-electron chi connectivity index (χ3n) is 13.9. The van der Waals surface area contributed by atoms with Crippen LogP contribution in [0.15, 0.2) is 91.0 Å². The van der Waals surface area contributed by atoms with Crippen molar-refractivity contribution in [1.82, 2.24) is 5.32 Å². The van der Waals surface area contributed by atoms with Crippen molar-refractivity contribution in [3.8, 4) is 17.2 Å². The van der Waals surface area contributed by atoms with Gasteiger partial charge in [0.1, 0.15) is 24.7 Å². The van der Waals surface area contributed by atoms with Crippen molar-refractivity contribution in [2.75, 3.05) is 41.1 Å². The van der Waals surface area contributed by atoms with Gasteiger partial charge in [-0.2, -0.15) is 0 Å². The van der Waals surface area contributed by atoms with Crippen molar-refractivity contribution < 1.29 is 33.4 Å². The second-order valence-electron chi connectivity index (χ2n) is 19.6. The molecule has 3 amide bonds. The molecule has 0 fully saturated rings. The minimum atomic E-state index is -0.153. The lowest BCUT2D eigenvalue weighted by molar-refractivity contribution is -0.118. The van der Waals surface area contributed by atoms with Gasteiger partial charge in [-0.1, -0.05) is 64.9 Å². The normalized spacial score (nSPS) is 16.8. The van der Waals surface area contributed by atoms with Gasteiger partial charge in [-0.3, -0.25) is 19.2 Å². The summed E-state index contributed by atoms with van der Waals surface area (Å²) in [4.78, 5) is 57.9. The molecular weight excluding hydrogens is 917 g/mol. The fraction of sp³-hybridized carbons (Fsp3) is 0.404. The van der Waals surface area contributed by atoms with Crippen LogP contribution in [0.2, 0.25) is 0 Å². The summed E-state index contributed by atoms with van der Waals surface area (Å²) in [5.74, 6) is 2.77. The number of nitrogens with one attached hydrogen (secondary N) is 2. The number of hydrogen-bond acceptors (Lipinski definition) is 10. The first-order valence-corrected chi connectivity index (χ1v) is 27.1. The summed E-state index contributed by atoms with van der Waals surface area (Å²) < 4.78 is 18.8. The Hall–Kier alpha value is -5.76. The number of likely N-dealkylation sites (N-methyl/N-ethyl adjacent to an activating group) is 1. The number of fused-ring (bicyclic) bond motifs is 8. The van der Waals surface area contributed by atoms with Gasteiger partial charge in [-0.15, -0.1) is 0 Å². The van der Waals surface area contributed by atoms with E-state index in [0.717, 1.165) is 102 Å². The van der Waals surface area contributed by atoms with Crippen molar-refractivity contribution in [3.63, 3.8) is 0 Å². The van der Waals surface area contributed by atoms with Gasteiger partial charge < -0.3 is 34.6 Å². The molecule has 0 aromatic heterocycles. The number of carbonyl (C=O) groups is 4. The van der Waals surface area contributed by atoms with E-state index in [4.69, 9.17) is 14.2 Å². The first-order valence-electron chi connectivity index (χ1n) is 24.8. The molecule has 11 nitrogen and oxygen atoms in total. The number of anilines is 3. The molecule has 0 spiro atoms. The molecule has 0 saturated carbocycles. The smallest absolute Gasteiger partial charge is 0.258 e. The van der Waals surface area contributed by atoms with E-state index in [1.807, 2.05) is 96.4 Å². The van der Waals surface area contributed by atoms with Gasteiger partial charge >= 0.3 is 0 Å². The van der Waals surface area contributed by atoms with Crippen LogP contribution in [-0.2, 0) is 48.5 Å². The van der Waals surface area contributed by atoms with Gasteiger partial charge in [0, 0.05) is 63.6 Å². The lowest BCUT2D eigenvalue weighted by atomic mass is 9.98. The van der Waals surface area contributed by atoms with Crippen LogP contribution in [-0.4, -0.2) is 66.3 Å². The van der Waals surface area contributed by atoms with Crippen LogP contribution in [0.5, 0.6) is 17.2 Å². The van der Waals surface area contributed by atoms with E-state index in [1.54, 1.807) is 28.7 Å². The molecule has 5 aromatic carbocycles. The number of amides is 3. The molecule has 4 aliphatic heterocycles. The van der Waals surface area contributed by atoms with Crippen molar-refractivity contribution in [3.05, 3.63) is 141 Å². The number of ketones is 1. The lowest BCUT2D eigenvalue weighted by Gasteiger charge is -2.23. The largest absolute Gasteiger partial charge is 0.493 e. The number of carbonyl (C=O) groups excluding carboxylic acids is 4. The highest BCUT2D eigenvalue weighted by Gasteiger charge is 2.39. The average Bonchev–Trinajstić information content (AvgIpc) is 3.85. The van der Waals surface area contributed by atoms with E-state index in [9.17, 15) is 19.2 Å². The van der Waals surface area contributed by atoms with Crippen molar-refractivity contribution in [2.24, 2.45) is 0 Å². The molecule has 13 heteroatoms. The summed E-state index contributed by atoms with van der Waals surface area (Å²) in [6.45, 7) is 9.89. The van der Waals surface area contributed by atoms with Gasteiger partial charge in [-0.05, 0) is 172 Å². The molecule has 4 heterocycles. The molecule has 0 radical (unpaired) electrons. The summed E-state index contributed by atoms with van der Waals surface area (Å²) in [6, 6.07) is 30.3. The Labute approximate surface area is 420 Å². The van der Waals surface area contributed by atoms with Gasteiger partial charge in [-0.25, -0.2) is 0 Å². The quantitative estimate of drug-likeness (QED) is 0.0575. The van der Waals surface area contributed by atoms with Gasteiger partial charge in [0.05, 0.1) is 13.7 Å². The second kappa shape index (κ2) is 21.7. The van der Waals surface area contributed by atoms with Crippen molar-refractivity contribution in [2.45, 2.75) is 122 Å². The van der Waals surface area contributed by atoms with E-state index in [-0.39, 0.29) is 53.5 Å². The molecule has 0 unspecified atom stereocenters. The SMILES string of the molecule is CCNCC(=O)CCCSSC(C)(C)CCC(=O)Nc1cc(COc2cc3c(cc2C)C(=O)N2c4ccccc4C[C@H]2CC3)cc(COc2cc3c(cc2OC)C(=O)N2c4ccccc4C[C@H]2CC3)c1. The number of rotatable bonds is 20. The minimum Gasteiger partial charge on any atom is -0.493 e. The topological polar surface area (TPSA) is 127 Å². The van der Waals surface area contributed by atoms with Crippen LogP contribution in [0.25, 0.3) is 0 Å². The molecule has 2 atom stereocenters. The monoisotopic (exact) mass is 980 g/mol. The Morgan fingerprint density at radius 2 is 1.31 bits per heavy atom. The molecule has 5 aromatic rings. The Balaban J connectivity index is 0.905. The number of para-hydroxylation sites is 2. The highest BCUT2D eigenvalue weighted by Crippen LogP contribution is 2.43. The molecule has 2 N–H and O–H groups in total. The summed E-state index contributed by atoms with van der Waals surface area (Å²) in [6.07, 6.45) is 7.32. The summed E-state index contributed by atoms with van der Waals surface area (Å²) in [7, 11) is 5.11. The number of ether oxygens (including phenoxy) is 3. The van der Waals surface area contributed by atoms with Crippen molar-refractivity contribution >= 4 is 62.2 Å². The molecule has 9 rings (SSSR count). The zero-order chi connectivity index (χ0) is 48.9. The highest BCUT2D eigenvalue weighted by atomic mass is 33.1. The number of methoxy groups -OCH3 is 1. The van der Waals surface area contributed by atoms with E-state index < -0.39 is 0 Å². The molecule has 366 valence electrons. The molecular formula is C57H64N4O7S2. The summed E-state index contributed by atoms with van der Waals surface area (Å²) in [5.41, 5.74) is 10.9. The first kappa shape index (κ1) is 49.2. The molecule has 70 heavy (non-hydrogen) atoms. The Bertz CT molecular complexity index is 2790. The lowest BCUT2D eigenvalue weighted by Crippen LogP contribution is -2.36. The highest BCUT2D eigenvalue weighted by molar-refractivity contribution is 8.77. The number of aryl methyl sites for hydroxylation is 3. The Kier molecular flexibility index (Phi) is 15.3. The zero-order valence-electron chi connectivity index (χ0n) is 41.0. The van der Waals surface area contributed by atoms with Crippen LogP contribution in [0.4, 0.5) is 17.1 Å². The fourth-order valence-electron chi connectivity index (χ4n) is 10.3. The number of benzene rings is 5. The first-order chi connectivity index (χ1) is 33.9. The standard InChI is InChI=1S/C57H64N4O7S2/c1-6-58-33-46(62)14-11-23-69-70-57(3,4)22-21-54(63)59-43-26-37(34-67-51-30-39-17-19-44-28-41-12-7-9-15-49(41)60(44)55(64)47(39)24-36(51)2)25-38(27-43)35-68-53-31-40-18-20-45-29-42-13-8-10-16-50(42)61(45)56(65)48(40)32-52(53)66-5/h7-10,12-13,15-16,24-27,30-32,44-45,58H,6,11,14,17-23,28-29,33-35H2,1-5H3,(H,59,63)/t44-,45-/m1/s1. The summed E-state index contributed by atoms with van der Waals surface area (Å²) >= 11 is 0. The zero-order valence-corrected chi connectivity index (χ0v) is 42.6. The second-order valence-corrected chi connectivity index (χ2v) is 22.7.